The van der Waals surface area contributed by atoms with Crippen LogP contribution < -0.4 is 9.47 Å². The van der Waals surface area contributed by atoms with Crippen LogP contribution in [0.5, 0.6) is 17.2 Å². The maximum atomic E-state index is 12.6. The molecule has 4 rings (SSSR count). The summed E-state index contributed by atoms with van der Waals surface area (Å²) in [6.45, 7) is 4.51. The first kappa shape index (κ1) is 22.4. The number of hydrogen-bond donors (Lipinski definition) is 0. The van der Waals surface area contributed by atoms with E-state index in [-0.39, 0.29) is 5.75 Å². The standard InChI is InChI=1S/C23H25F3N2O4/c24-23(25,26)17-3-5-18(6-4-17)31-19-7-9-20(10-8-19)32-22(29)28-13-11-27(12-14-28)16-21-2-1-15-30-21/h3-10,21H,1-2,11-16H2. The van der Waals surface area contributed by atoms with E-state index >= 15 is 0 Å². The Morgan fingerprint density at radius 2 is 1.53 bits per heavy atom. The second-order valence-electron chi connectivity index (χ2n) is 7.89. The number of amides is 1. The van der Waals surface area contributed by atoms with Crippen LogP contribution in [-0.4, -0.2) is 61.3 Å². The summed E-state index contributed by atoms with van der Waals surface area (Å²) >= 11 is 0. The van der Waals surface area contributed by atoms with E-state index in [0.717, 1.165) is 51.2 Å². The summed E-state index contributed by atoms with van der Waals surface area (Å²) < 4.78 is 54.6. The van der Waals surface area contributed by atoms with Gasteiger partial charge in [0.1, 0.15) is 17.2 Å². The number of benzene rings is 2. The Labute approximate surface area is 184 Å². The largest absolute Gasteiger partial charge is 0.457 e. The molecule has 2 heterocycles. The Hall–Kier alpha value is -2.78. The zero-order chi connectivity index (χ0) is 22.6. The van der Waals surface area contributed by atoms with Gasteiger partial charge >= 0.3 is 12.3 Å². The highest BCUT2D eigenvalue weighted by Gasteiger charge is 2.30. The van der Waals surface area contributed by atoms with Crippen molar-refractivity contribution >= 4 is 6.09 Å². The van der Waals surface area contributed by atoms with Crippen LogP contribution in [0.25, 0.3) is 0 Å². The molecule has 1 unspecified atom stereocenters. The third kappa shape index (κ3) is 5.92. The van der Waals surface area contributed by atoms with Crippen LogP contribution in [0.2, 0.25) is 0 Å². The summed E-state index contributed by atoms with van der Waals surface area (Å²) in [5, 5.41) is 0. The lowest BCUT2D eigenvalue weighted by Gasteiger charge is -2.35. The molecule has 172 valence electrons. The van der Waals surface area contributed by atoms with Crippen LogP contribution in [0.4, 0.5) is 18.0 Å². The molecule has 0 bridgehead atoms. The first-order valence-electron chi connectivity index (χ1n) is 10.6. The van der Waals surface area contributed by atoms with Gasteiger partial charge in [0.05, 0.1) is 11.7 Å². The Kier molecular flexibility index (Phi) is 6.86. The van der Waals surface area contributed by atoms with Crippen LogP contribution in [0, 0.1) is 0 Å². The molecule has 6 nitrogen and oxygen atoms in total. The number of alkyl halides is 3. The molecular weight excluding hydrogens is 425 g/mol. The van der Waals surface area contributed by atoms with E-state index in [1.807, 2.05) is 0 Å². The molecule has 1 atom stereocenters. The predicted molar refractivity (Wildman–Crippen MR) is 111 cm³/mol. The van der Waals surface area contributed by atoms with Crippen LogP contribution in [0.15, 0.2) is 48.5 Å². The minimum atomic E-state index is -4.39. The number of nitrogens with zero attached hydrogens (tertiary/aromatic N) is 2. The molecule has 0 aliphatic carbocycles. The van der Waals surface area contributed by atoms with E-state index in [0.29, 0.717) is 30.7 Å². The van der Waals surface area contributed by atoms with Gasteiger partial charge in [-0.05, 0) is 61.4 Å². The molecule has 0 aromatic heterocycles. The van der Waals surface area contributed by atoms with Crippen LogP contribution in [0.3, 0.4) is 0 Å². The third-order valence-corrected chi connectivity index (χ3v) is 5.56. The molecule has 0 N–H and O–H groups in total. The molecule has 2 fully saturated rings. The van der Waals surface area contributed by atoms with Crippen molar-refractivity contribution in [3.8, 4) is 17.2 Å². The third-order valence-electron chi connectivity index (χ3n) is 5.56. The zero-order valence-corrected chi connectivity index (χ0v) is 17.5. The van der Waals surface area contributed by atoms with Gasteiger partial charge in [-0.3, -0.25) is 4.90 Å². The van der Waals surface area contributed by atoms with Gasteiger partial charge in [0.15, 0.2) is 0 Å². The van der Waals surface area contributed by atoms with Crippen molar-refractivity contribution in [3.63, 3.8) is 0 Å². The van der Waals surface area contributed by atoms with Crippen molar-refractivity contribution in [1.29, 1.82) is 0 Å². The predicted octanol–water partition coefficient (Wildman–Crippen LogP) is 4.79. The van der Waals surface area contributed by atoms with Crippen LogP contribution >= 0.6 is 0 Å². The molecule has 2 aliphatic heterocycles. The molecule has 0 radical (unpaired) electrons. The van der Waals surface area contributed by atoms with Gasteiger partial charge in [-0.15, -0.1) is 0 Å². The highest BCUT2D eigenvalue weighted by Crippen LogP contribution is 2.31. The molecule has 2 aromatic rings. The van der Waals surface area contributed by atoms with Crippen LogP contribution in [-0.2, 0) is 10.9 Å². The smallest absolute Gasteiger partial charge is 0.416 e. The number of piperazine rings is 1. The van der Waals surface area contributed by atoms with Gasteiger partial charge in [0, 0.05) is 39.3 Å². The normalized spacial score (nSPS) is 19.7. The average Bonchev–Trinajstić information content (AvgIpc) is 3.28. The van der Waals surface area contributed by atoms with E-state index in [1.165, 1.54) is 12.1 Å². The number of carbonyl (C=O) groups is 1. The van der Waals surface area contributed by atoms with Gasteiger partial charge in [0.2, 0.25) is 0 Å². The van der Waals surface area contributed by atoms with E-state index in [1.54, 1.807) is 29.2 Å². The summed E-state index contributed by atoms with van der Waals surface area (Å²) in [7, 11) is 0. The monoisotopic (exact) mass is 450 g/mol. The second-order valence-corrected chi connectivity index (χ2v) is 7.89. The summed E-state index contributed by atoms with van der Waals surface area (Å²) in [6, 6.07) is 10.8. The summed E-state index contributed by atoms with van der Waals surface area (Å²) in [4.78, 5) is 16.4. The molecule has 32 heavy (non-hydrogen) atoms. The van der Waals surface area contributed by atoms with Crippen LogP contribution in [0.1, 0.15) is 18.4 Å². The molecule has 0 spiro atoms. The SMILES string of the molecule is O=C(Oc1ccc(Oc2ccc(C(F)(F)F)cc2)cc1)N1CCN(CC2CCCO2)CC1. The number of rotatable bonds is 5. The fourth-order valence-electron chi connectivity index (χ4n) is 3.78. The number of carbonyl (C=O) groups excluding carboxylic acids is 1. The fraction of sp³-hybridized carbons (Fsp3) is 0.435. The Morgan fingerprint density at radius 3 is 2.09 bits per heavy atom. The fourth-order valence-corrected chi connectivity index (χ4v) is 3.78. The van der Waals surface area contributed by atoms with E-state index < -0.39 is 17.8 Å². The molecule has 2 aliphatic rings. The van der Waals surface area contributed by atoms with Gasteiger partial charge in [-0.1, -0.05) is 0 Å². The molecule has 0 saturated carbocycles. The van der Waals surface area contributed by atoms with Crippen molar-refractivity contribution < 1.29 is 32.2 Å². The van der Waals surface area contributed by atoms with Crippen molar-refractivity contribution in [2.75, 3.05) is 39.3 Å². The lowest BCUT2D eigenvalue weighted by atomic mass is 10.2. The highest BCUT2D eigenvalue weighted by molar-refractivity contribution is 5.70. The molecule has 2 saturated heterocycles. The van der Waals surface area contributed by atoms with E-state index in [9.17, 15) is 18.0 Å². The highest BCUT2D eigenvalue weighted by atomic mass is 19.4. The van der Waals surface area contributed by atoms with Gasteiger partial charge in [0.25, 0.3) is 0 Å². The average molecular weight is 450 g/mol. The zero-order valence-electron chi connectivity index (χ0n) is 17.5. The number of hydrogen-bond acceptors (Lipinski definition) is 5. The summed E-state index contributed by atoms with van der Waals surface area (Å²) in [5.74, 6) is 1.08. The quantitative estimate of drug-likeness (QED) is 0.656. The topological polar surface area (TPSA) is 51.2 Å². The summed E-state index contributed by atoms with van der Waals surface area (Å²) in [5.41, 5.74) is -0.736. The Morgan fingerprint density at radius 1 is 0.938 bits per heavy atom. The maximum Gasteiger partial charge on any atom is 0.416 e. The first-order valence-corrected chi connectivity index (χ1v) is 10.6. The minimum absolute atomic E-state index is 0.281. The van der Waals surface area contributed by atoms with Gasteiger partial charge < -0.3 is 19.1 Å². The lowest BCUT2D eigenvalue weighted by Crippen LogP contribution is -2.51. The van der Waals surface area contributed by atoms with Gasteiger partial charge in [-0.25, -0.2) is 4.79 Å². The van der Waals surface area contributed by atoms with Crippen molar-refractivity contribution in [2.45, 2.75) is 25.1 Å². The van der Waals surface area contributed by atoms with E-state index in [2.05, 4.69) is 4.90 Å². The summed E-state index contributed by atoms with van der Waals surface area (Å²) in [6.07, 6.45) is -2.28. The van der Waals surface area contributed by atoms with E-state index in [4.69, 9.17) is 14.2 Å². The minimum Gasteiger partial charge on any atom is -0.457 e. The Balaban J connectivity index is 1.24. The first-order chi connectivity index (χ1) is 15.4. The number of ether oxygens (including phenoxy) is 3. The van der Waals surface area contributed by atoms with Crippen molar-refractivity contribution in [3.05, 3.63) is 54.1 Å². The Bertz CT molecular complexity index is 889. The molecular formula is C23H25F3N2O4. The van der Waals surface area contributed by atoms with Gasteiger partial charge in [-0.2, -0.15) is 13.2 Å². The molecule has 1 amide bonds. The second kappa shape index (κ2) is 9.79. The van der Waals surface area contributed by atoms with Crippen molar-refractivity contribution in [1.82, 2.24) is 9.80 Å². The molecule has 2 aromatic carbocycles. The number of halogens is 3. The van der Waals surface area contributed by atoms with Crippen molar-refractivity contribution in [2.24, 2.45) is 0 Å². The maximum absolute atomic E-state index is 12.6. The lowest BCUT2D eigenvalue weighted by molar-refractivity contribution is -0.137. The molecule has 9 heteroatoms.